The molecule has 1 fully saturated rings. The number of nitrogens with zero attached hydrogens (tertiary/aromatic N) is 1. The maximum atomic E-state index is 12.8. The second-order valence-electron chi connectivity index (χ2n) is 4.83. The van der Waals surface area contributed by atoms with Gasteiger partial charge in [0.25, 0.3) is 0 Å². The summed E-state index contributed by atoms with van der Waals surface area (Å²) in [5, 5.41) is 3.29. The Morgan fingerprint density at radius 1 is 1.33 bits per heavy atom. The van der Waals surface area contributed by atoms with Gasteiger partial charge < -0.3 is 10.2 Å². The first-order chi connectivity index (χ1) is 8.66. The Kier molecular flexibility index (Phi) is 4.31. The lowest BCUT2D eigenvalue weighted by Crippen LogP contribution is -2.33. The van der Waals surface area contributed by atoms with Crippen molar-refractivity contribution in [2.24, 2.45) is 5.92 Å². The molecule has 3 nitrogen and oxygen atoms in total. The van der Waals surface area contributed by atoms with Gasteiger partial charge in [0.1, 0.15) is 5.82 Å². The van der Waals surface area contributed by atoms with E-state index in [0.717, 1.165) is 31.6 Å². The van der Waals surface area contributed by atoms with Gasteiger partial charge in [-0.3, -0.25) is 4.79 Å². The summed E-state index contributed by atoms with van der Waals surface area (Å²) in [4.78, 5) is 13.7. The molecule has 0 aliphatic carbocycles. The zero-order valence-corrected chi connectivity index (χ0v) is 10.7. The third-order valence-electron chi connectivity index (χ3n) is 3.51. The Morgan fingerprint density at radius 3 is 2.56 bits per heavy atom. The standard InChI is InChI=1S/C14H19FN2O/c1-17(13-4-2-12(15)3-5-13)14(18)10-11-6-8-16-9-7-11/h2-5,11,16H,6-10H2,1H3. The van der Waals surface area contributed by atoms with Gasteiger partial charge in [-0.05, 0) is 56.1 Å². The van der Waals surface area contributed by atoms with Crippen LogP contribution in [0.15, 0.2) is 24.3 Å². The molecule has 4 heteroatoms. The van der Waals surface area contributed by atoms with Crippen molar-refractivity contribution in [3.8, 4) is 0 Å². The third-order valence-corrected chi connectivity index (χ3v) is 3.51. The van der Waals surface area contributed by atoms with Gasteiger partial charge >= 0.3 is 0 Å². The molecule has 1 saturated heterocycles. The van der Waals surface area contributed by atoms with E-state index in [0.29, 0.717) is 12.3 Å². The van der Waals surface area contributed by atoms with Gasteiger partial charge in [-0.25, -0.2) is 4.39 Å². The second-order valence-corrected chi connectivity index (χ2v) is 4.83. The fourth-order valence-corrected chi connectivity index (χ4v) is 2.28. The minimum Gasteiger partial charge on any atom is -0.317 e. The minimum atomic E-state index is -0.280. The van der Waals surface area contributed by atoms with Crippen molar-refractivity contribution in [2.45, 2.75) is 19.3 Å². The van der Waals surface area contributed by atoms with Crippen LogP contribution in [0.2, 0.25) is 0 Å². The van der Waals surface area contributed by atoms with Crippen LogP contribution in [-0.4, -0.2) is 26.0 Å². The monoisotopic (exact) mass is 250 g/mol. The molecular weight excluding hydrogens is 231 g/mol. The second kappa shape index (κ2) is 5.96. The number of rotatable bonds is 3. The van der Waals surface area contributed by atoms with E-state index in [-0.39, 0.29) is 11.7 Å². The molecule has 1 N–H and O–H groups in total. The van der Waals surface area contributed by atoms with Crippen LogP contribution < -0.4 is 10.2 Å². The average Bonchev–Trinajstić information content (AvgIpc) is 2.40. The fraction of sp³-hybridized carbons (Fsp3) is 0.500. The number of nitrogens with one attached hydrogen (secondary N) is 1. The Morgan fingerprint density at radius 2 is 1.94 bits per heavy atom. The number of amides is 1. The quantitative estimate of drug-likeness (QED) is 0.891. The zero-order chi connectivity index (χ0) is 13.0. The van der Waals surface area contributed by atoms with Crippen molar-refractivity contribution in [3.05, 3.63) is 30.1 Å². The zero-order valence-electron chi connectivity index (χ0n) is 10.7. The summed E-state index contributed by atoms with van der Waals surface area (Å²) in [6.45, 7) is 2.00. The number of carbonyl (C=O) groups excluding carboxylic acids is 1. The molecule has 1 aliphatic heterocycles. The Hall–Kier alpha value is -1.42. The highest BCUT2D eigenvalue weighted by Crippen LogP contribution is 2.20. The molecule has 0 spiro atoms. The summed E-state index contributed by atoms with van der Waals surface area (Å²) in [5.41, 5.74) is 0.746. The van der Waals surface area contributed by atoms with Crippen LogP contribution in [0, 0.1) is 11.7 Å². The van der Waals surface area contributed by atoms with Gasteiger partial charge in [-0.15, -0.1) is 0 Å². The van der Waals surface area contributed by atoms with E-state index >= 15 is 0 Å². The highest BCUT2D eigenvalue weighted by Gasteiger charge is 2.19. The van der Waals surface area contributed by atoms with Crippen LogP contribution in [-0.2, 0) is 4.79 Å². The van der Waals surface area contributed by atoms with Crippen LogP contribution in [0.3, 0.4) is 0 Å². The van der Waals surface area contributed by atoms with Crippen LogP contribution in [0.5, 0.6) is 0 Å². The van der Waals surface area contributed by atoms with Crippen LogP contribution in [0.1, 0.15) is 19.3 Å². The van der Waals surface area contributed by atoms with E-state index in [2.05, 4.69) is 5.32 Å². The largest absolute Gasteiger partial charge is 0.317 e. The molecule has 0 radical (unpaired) electrons. The molecule has 0 bridgehead atoms. The lowest BCUT2D eigenvalue weighted by atomic mass is 9.94. The number of hydrogen-bond acceptors (Lipinski definition) is 2. The first kappa shape index (κ1) is 13.0. The molecule has 0 unspecified atom stereocenters. The molecule has 0 atom stereocenters. The van der Waals surface area contributed by atoms with Gasteiger partial charge in [-0.2, -0.15) is 0 Å². The molecule has 0 saturated carbocycles. The van der Waals surface area contributed by atoms with Crippen LogP contribution >= 0.6 is 0 Å². The summed E-state index contributed by atoms with van der Waals surface area (Å²) < 4.78 is 12.8. The predicted octanol–water partition coefficient (Wildman–Crippen LogP) is 2.18. The summed E-state index contributed by atoms with van der Waals surface area (Å²) >= 11 is 0. The van der Waals surface area contributed by atoms with Gasteiger partial charge in [0.05, 0.1) is 0 Å². The van der Waals surface area contributed by atoms with Gasteiger partial charge in [0, 0.05) is 19.2 Å². The first-order valence-electron chi connectivity index (χ1n) is 6.39. The lowest BCUT2D eigenvalue weighted by Gasteiger charge is -2.25. The number of anilines is 1. The topological polar surface area (TPSA) is 32.3 Å². The number of carbonyl (C=O) groups is 1. The number of hydrogen-bond donors (Lipinski definition) is 1. The first-order valence-corrected chi connectivity index (χ1v) is 6.39. The van der Waals surface area contributed by atoms with Gasteiger partial charge in [-0.1, -0.05) is 0 Å². The molecule has 2 rings (SSSR count). The van der Waals surface area contributed by atoms with Crippen molar-refractivity contribution in [3.63, 3.8) is 0 Å². The summed E-state index contributed by atoms with van der Waals surface area (Å²) in [6.07, 6.45) is 2.70. The van der Waals surface area contributed by atoms with E-state index < -0.39 is 0 Å². The Balaban J connectivity index is 1.93. The Bertz CT molecular complexity index is 399. The summed E-state index contributed by atoms with van der Waals surface area (Å²) in [5.74, 6) is 0.299. The van der Waals surface area contributed by atoms with Crippen molar-refractivity contribution in [2.75, 3.05) is 25.0 Å². The molecule has 1 aliphatic rings. The van der Waals surface area contributed by atoms with Crippen molar-refractivity contribution in [1.82, 2.24) is 5.32 Å². The predicted molar refractivity (Wildman–Crippen MR) is 70.0 cm³/mol. The molecule has 1 amide bonds. The molecule has 1 aromatic carbocycles. The lowest BCUT2D eigenvalue weighted by molar-refractivity contribution is -0.119. The van der Waals surface area contributed by atoms with E-state index in [9.17, 15) is 9.18 Å². The van der Waals surface area contributed by atoms with E-state index in [1.54, 1.807) is 24.1 Å². The van der Waals surface area contributed by atoms with Crippen molar-refractivity contribution >= 4 is 11.6 Å². The molecule has 0 aromatic heterocycles. The van der Waals surface area contributed by atoms with E-state index in [4.69, 9.17) is 0 Å². The summed E-state index contributed by atoms with van der Waals surface area (Å²) in [7, 11) is 1.75. The molecule has 98 valence electrons. The highest BCUT2D eigenvalue weighted by molar-refractivity contribution is 5.92. The number of halogens is 1. The van der Waals surface area contributed by atoms with Crippen molar-refractivity contribution < 1.29 is 9.18 Å². The van der Waals surface area contributed by atoms with Gasteiger partial charge in [0.15, 0.2) is 0 Å². The fourth-order valence-electron chi connectivity index (χ4n) is 2.28. The maximum Gasteiger partial charge on any atom is 0.226 e. The number of piperidine rings is 1. The normalized spacial score (nSPS) is 16.6. The Labute approximate surface area is 107 Å². The van der Waals surface area contributed by atoms with Crippen LogP contribution in [0.4, 0.5) is 10.1 Å². The molecule has 1 aromatic rings. The average molecular weight is 250 g/mol. The van der Waals surface area contributed by atoms with Gasteiger partial charge in [0.2, 0.25) is 5.91 Å². The van der Waals surface area contributed by atoms with Crippen molar-refractivity contribution in [1.29, 1.82) is 0 Å². The maximum absolute atomic E-state index is 12.8. The number of benzene rings is 1. The third kappa shape index (κ3) is 3.29. The smallest absolute Gasteiger partial charge is 0.226 e. The van der Waals surface area contributed by atoms with E-state index in [1.807, 2.05) is 0 Å². The molecule has 1 heterocycles. The summed E-state index contributed by atoms with van der Waals surface area (Å²) in [6, 6.07) is 6.03. The molecular formula is C14H19FN2O. The highest BCUT2D eigenvalue weighted by atomic mass is 19.1. The minimum absolute atomic E-state index is 0.105. The SMILES string of the molecule is CN(C(=O)CC1CCNCC1)c1ccc(F)cc1. The van der Waals surface area contributed by atoms with Crippen LogP contribution in [0.25, 0.3) is 0 Å². The molecule has 18 heavy (non-hydrogen) atoms. The van der Waals surface area contributed by atoms with E-state index in [1.165, 1.54) is 12.1 Å².